The number of hydrogen-bond donors (Lipinski definition) is 2. The van der Waals surface area contributed by atoms with Gasteiger partial charge in [-0.15, -0.1) is 0 Å². The van der Waals surface area contributed by atoms with E-state index < -0.39 is 10.8 Å². The summed E-state index contributed by atoms with van der Waals surface area (Å²) in [7, 11) is 0. The van der Waals surface area contributed by atoms with E-state index in [4.69, 9.17) is 0 Å². The smallest absolute Gasteiger partial charge is 0.292 e. The number of carbonyl (C=O) groups excluding carboxylic acids is 1. The average molecular weight is 308 g/mol. The summed E-state index contributed by atoms with van der Waals surface area (Å²) in [6, 6.07) is 16.1. The molecule has 6 heteroatoms. The molecule has 0 saturated carbocycles. The Kier molecular flexibility index (Phi) is 3.64. The van der Waals surface area contributed by atoms with Gasteiger partial charge in [-0.05, 0) is 17.5 Å². The van der Waals surface area contributed by atoms with Crippen molar-refractivity contribution in [3.8, 4) is 5.75 Å². The van der Waals surface area contributed by atoms with Gasteiger partial charge in [-0.3, -0.25) is 14.9 Å². The van der Waals surface area contributed by atoms with E-state index in [2.05, 4.69) is 5.32 Å². The number of nitro benzene ring substituents is 1. The van der Waals surface area contributed by atoms with Crippen LogP contribution in [0.25, 0.3) is 10.8 Å². The molecule has 0 fully saturated rings. The zero-order valence-electron chi connectivity index (χ0n) is 11.9. The zero-order valence-corrected chi connectivity index (χ0v) is 11.9. The van der Waals surface area contributed by atoms with Crippen molar-refractivity contribution in [2.75, 3.05) is 5.32 Å². The number of nitro groups is 1. The Balaban J connectivity index is 1.99. The standard InChI is InChI=1S/C17H12N2O4/c20-16-12-6-2-1-5-11(12)9-10-13(16)17(21)18-14-7-3-4-8-15(14)19(22)23/h1-10,20H,(H,18,21). The second kappa shape index (κ2) is 5.76. The monoisotopic (exact) mass is 308 g/mol. The number of rotatable bonds is 3. The molecule has 0 aliphatic carbocycles. The number of phenolic OH excluding ortho intramolecular Hbond substituents is 1. The molecule has 0 saturated heterocycles. The molecule has 1 amide bonds. The maximum atomic E-state index is 12.4. The van der Waals surface area contributed by atoms with Crippen molar-refractivity contribution in [3.05, 3.63) is 76.3 Å². The fraction of sp³-hybridized carbons (Fsp3) is 0. The van der Waals surface area contributed by atoms with Gasteiger partial charge in [-0.2, -0.15) is 0 Å². The molecule has 23 heavy (non-hydrogen) atoms. The Hall–Kier alpha value is -3.41. The Morgan fingerprint density at radius 2 is 1.70 bits per heavy atom. The first-order chi connectivity index (χ1) is 11.1. The summed E-state index contributed by atoms with van der Waals surface area (Å²) < 4.78 is 0. The normalized spacial score (nSPS) is 10.4. The number of nitrogens with zero attached hydrogens (tertiary/aromatic N) is 1. The van der Waals surface area contributed by atoms with Crippen LogP contribution in [0.15, 0.2) is 60.7 Å². The van der Waals surface area contributed by atoms with Crippen molar-refractivity contribution in [2.24, 2.45) is 0 Å². The minimum absolute atomic E-state index is 0.0573. The van der Waals surface area contributed by atoms with E-state index in [1.54, 1.807) is 24.3 Å². The van der Waals surface area contributed by atoms with Crippen LogP contribution in [-0.2, 0) is 0 Å². The van der Waals surface area contributed by atoms with Gasteiger partial charge in [-0.25, -0.2) is 0 Å². The van der Waals surface area contributed by atoms with E-state index >= 15 is 0 Å². The number of fused-ring (bicyclic) bond motifs is 1. The van der Waals surface area contributed by atoms with Crippen LogP contribution in [0.2, 0.25) is 0 Å². The maximum Gasteiger partial charge on any atom is 0.292 e. The third kappa shape index (κ3) is 2.69. The SMILES string of the molecule is O=C(Nc1ccccc1[N+](=O)[O-])c1ccc2ccccc2c1O. The highest BCUT2D eigenvalue weighted by molar-refractivity contribution is 6.10. The lowest BCUT2D eigenvalue weighted by atomic mass is 10.0. The van der Waals surface area contributed by atoms with E-state index in [0.29, 0.717) is 5.39 Å². The van der Waals surface area contributed by atoms with E-state index in [9.17, 15) is 20.0 Å². The molecule has 0 aromatic heterocycles. The van der Waals surface area contributed by atoms with Crippen molar-refractivity contribution in [2.45, 2.75) is 0 Å². The largest absolute Gasteiger partial charge is 0.506 e. The first-order valence-electron chi connectivity index (χ1n) is 6.83. The minimum Gasteiger partial charge on any atom is -0.506 e. The number of phenols is 1. The third-order valence-electron chi connectivity index (χ3n) is 3.49. The Morgan fingerprint density at radius 3 is 2.48 bits per heavy atom. The molecule has 3 aromatic carbocycles. The highest BCUT2D eigenvalue weighted by Gasteiger charge is 2.18. The average Bonchev–Trinajstić information content (AvgIpc) is 2.55. The third-order valence-corrected chi connectivity index (χ3v) is 3.49. The summed E-state index contributed by atoms with van der Waals surface area (Å²) in [4.78, 5) is 22.8. The van der Waals surface area contributed by atoms with Crippen LogP contribution in [0.5, 0.6) is 5.75 Å². The van der Waals surface area contributed by atoms with Gasteiger partial charge in [0.15, 0.2) is 0 Å². The van der Waals surface area contributed by atoms with Crippen LogP contribution in [0.4, 0.5) is 11.4 Å². The van der Waals surface area contributed by atoms with Gasteiger partial charge in [0, 0.05) is 11.5 Å². The Morgan fingerprint density at radius 1 is 1.00 bits per heavy atom. The highest BCUT2D eigenvalue weighted by atomic mass is 16.6. The van der Waals surface area contributed by atoms with Crippen LogP contribution in [0.1, 0.15) is 10.4 Å². The summed E-state index contributed by atoms with van der Waals surface area (Å²) in [5.74, 6) is -0.762. The molecular formula is C17H12N2O4. The highest BCUT2D eigenvalue weighted by Crippen LogP contribution is 2.30. The van der Waals surface area contributed by atoms with Gasteiger partial charge in [-0.1, -0.05) is 42.5 Å². The van der Waals surface area contributed by atoms with E-state index in [0.717, 1.165) is 5.39 Å². The molecule has 3 aromatic rings. The minimum atomic E-state index is -0.609. The van der Waals surface area contributed by atoms with Gasteiger partial charge < -0.3 is 10.4 Å². The molecule has 3 rings (SSSR count). The summed E-state index contributed by atoms with van der Waals surface area (Å²) in [5, 5.41) is 25.1. The molecule has 0 unspecified atom stereocenters. The summed E-state index contributed by atoms with van der Waals surface area (Å²) in [6.07, 6.45) is 0. The summed E-state index contributed by atoms with van der Waals surface area (Å²) >= 11 is 0. The van der Waals surface area contributed by atoms with Crippen molar-refractivity contribution in [1.82, 2.24) is 0 Å². The maximum absolute atomic E-state index is 12.4. The fourth-order valence-corrected chi connectivity index (χ4v) is 2.37. The first kappa shape index (κ1) is 14.5. The van der Waals surface area contributed by atoms with Crippen molar-refractivity contribution < 1.29 is 14.8 Å². The Labute approximate surface area is 131 Å². The van der Waals surface area contributed by atoms with Crippen LogP contribution < -0.4 is 5.32 Å². The predicted molar refractivity (Wildman–Crippen MR) is 86.7 cm³/mol. The molecule has 2 N–H and O–H groups in total. The summed E-state index contributed by atoms with van der Waals surface area (Å²) in [6.45, 7) is 0. The van der Waals surface area contributed by atoms with Crippen LogP contribution in [0, 0.1) is 10.1 Å². The van der Waals surface area contributed by atoms with Gasteiger partial charge in [0.05, 0.1) is 10.5 Å². The topological polar surface area (TPSA) is 92.5 Å². The number of aromatic hydroxyl groups is 1. The zero-order chi connectivity index (χ0) is 16.4. The van der Waals surface area contributed by atoms with Gasteiger partial charge in [0.1, 0.15) is 11.4 Å². The number of para-hydroxylation sites is 2. The summed E-state index contributed by atoms with van der Waals surface area (Å²) in [5.41, 5.74) is -0.0713. The van der Waals surface area contributed by atoms with Gasteiger partial charge in [0.2, 0.25) is 0 Å². The van der Waals surface area contributed by atoms with Crippen molar-refractivity contribution >= 4 is 28.1 Å². The van der Waals surface area contributed by atoms with Crippen molar-refractivity contribution in [3.63, 3.8) is 0 Å². The fourth-order valence-electron chi connectivity index (χ4n) is 2.37. The predicted octanol–water partition coefficient (Wildman–Crippen LogP) is 3.71. The molecular weight excluding hydrogens is 296 g/mol. The quantitative estimate of drug-likeness (QED) is 0.570. The second-order valence-corrected chi connectivity index (χ2v) is 4.91. The van der Waals surface area contributed by atoms with Gasteiger partial charge in [0.25, 0.3) is 11.6 Å². The number of anilines is 1. The molecule has 0 spiro atoms. The molecule has 0 aliphatic heterocycles. The van der Waals surface area contributed by atoms with E-state index in [-0.39, 0.29) is 22.7 Å². The number of amides is 1. The molecule has 114 valence electrons. The van der Waals surface area contributed by atoms with E-state index in [1.165, 1.54) is 24.3 Å². The molecule has 0 aliphatic rings. The van der Waals surface area contributed by atoms with Crippen LogP contribution in [-0.4, -0.2) is 15.9 Å². The van der Waals surface area contributed by atoms with Crippen LogP contribution in [0.3, 0.4) is 0 Å². The molecule has 0 atom stereocenters. The Bertz CT molecular complexity index is 921. The second-order valence-electron chi connectivity index (χ2n) is 4.91. The molecule has 0 radical (unpaired) electrons. The van der Waals surface area contributed by atoms with Crippen molar-refractivity contribution in [1.29, 1.82) is 0 Å². The molecule has 0 heterocycles. The number of nitrogens with one attached hydrogen (secondary N) is 1. The lowest BCUT2D eigenvalue weighted by Gasteiger charge is -2.09. The van der Waals surface area contributed by atoms with E-state index in [1.807, 2.05) is 12.1 Å². The van der Waals surface area contributed by atoms with Crippen LogP contribution >= 0.6 is 0 Å². The molecule has 0 bridgehead atoms. The lowest BCUT2D eigenvalue weighted by Crippen LogP contribution is -2.13. The number of hydrogen-bond acceptors (Lipinski definition) is 4. The van der Waals surface area contributed by atoms with Gasteiger partial charge >= 0.3 is 0 Å². The molecule has 6 nitrogen and oxygen atoms in total. The lowest BCUT2D eigenvalue weighted by molar-refractivity contribution is -0.383. The first-order valence-corrected chi connectivity index (χ1v) is 6.83. The number of benzene rings is 3. The number of carbonyl (C=O) groups is 1.